The van der Waals surface area contributed by atoms with Crippen LogP contribution < -0.4 is 15.2 Å². The van der Waals surface area contributed by atoms with Crippen molar-refractivity contribution in [3.8, 4) is 5.88 Å². The SMILES string of the molecule is C=C(CCC(F)(F)F)c1nc(N2CCO[C@@H](c3ccnc(OC)c3)C2)cc2nc(C)n(C)c(=O)c12. The van der Waals surface area contributed by atoms with Crippen LogP contribution in [0, 0.1) is 6.92 Å². The topological polar surface area (TPSA) is 82.4 Å². The van der Waals surface area contributed by atoms with E-state index in [0.717, 1.165) is 5.56 Å². The largest absolute Gasteiger partial charge is 0.481 e. The molecule has 0 N–H and O–H groups in total. The van der Waals surface area contributed by atoms with Crippen LogP contribution in [0.3, 0.4) is 0 Å². The molecule has 11 heteroatoms. The minimum Gasteiger partial charge on any atom is -0.481 e. The number of pyridine rings is 2. The number of nitrogens with zero attached hydrogens (tertiary/aromatic N) is 5. The molecule has 4 rings (SSSR count). The van der Waals surface area contributed by atoms with Crippen LogP contribution in [0.15, 0.2) is 35.8 Å². The summed E-state index contributed by atoms with van der Waals surface area (Å²) >= 11 is 0. The molecule has 1 atom stereocenters. The molecule has 1 aliphatic rings. The number of halogens is 3. The van der Waals surface area contributed by atoms with E-state index in [0.29, 0.717) is 42.7 Å². The van der Waals surface area contributed by atoms with Crippen molar-refractivity contribution >= 4 is 22.3 Å². The molecular weight excluding hydrogens is 463 g/mol. The third-order valence-corrected chi connectivity index (χ3v) is 6.05. The number of alkyl halides is 3. The van der Waals surface area contributed by atoms with Crippen molar-refractivity contribution in [2.45, 2.75) is 32.0 Å². The van der Waals surface area contributed by atoms with Gasteiger partial charge in [-0.25, -0.2) is 15.0 Å². The van der Waals surface area contributed by atoms with Crippen molar-refractivity contribution in [1.82, 2.24) is 19.5 Å². The summed E-state index contributed by atoms with van der Waals surface area (Å²) < 4.78 is 51.2. The molecule has 0 saturated carbocycles. The fraction of sp³-hybridized carbons (Fsp3) is 0.417. The highest BCUT2D eigenvalue weighted by Crippen LogP contribution is 2.32. The average Bonchev–Trinajstić information content (AvgIpc) is 2.84. The number of aryl methyl sites for hydroxylation is 1. The van der Waals surface area contributed by atoms with E-state index in [-0.39, 0.29) is 34.7 Å². The van der Waals surface area contributed by atoms with Crippen molar-refractivity contribution in [3.05, 3.63) is 58.4 Å². The van der Waals surface area contributed by atoms with E-state index >= 15 is 0 Å². The molecule has 1 fully saturated rings. The number of methoxy groups -OCH3 is 1. The van der Waals surface area contributed by atoms with Gasteiger partial charge in [0.05, 0.1) is 30.3 Å². The van der Waals surface area contributed by atoms with E-state index in [9.17, 15) is 18.0 Å². The van der Waals surface area contributed by atoms with Gasteiger partial charge in [-0.2, -0.15) is 13.2 Å². The Kier molecular flexibility index (Phi) is 6.79. The fourth-order valence-electron chi connectivity index (χ4n) is 4.01. The standard InChI is InChI=1S/C24H26F3N5O3/c1-14(5-7-24(25,26)27)22-21-17(29-15(2)31(3)23(21)33)12-19(30-22)32-9-10-35-18(13-32)16-6-8-28-20(11-16)34-4/h6,8,11-12,18H,1,5,7,9-10,13H2,2-4H3/t18-/m1/s1. The lowest BCUT2D eigenvalue weighted by Crippen LogP contribution is -2.39. The third kappa shape index (κ3) is 5.29. The maximum Gasteiger partial charge on any atom is 0.389 e. The molecule has 1 aliphatic heterocycles. The second-order valence-electron chi connectivity index (χ2n) is 8.40. The van der Waals surface area contributed by atoms with E-state index < -0.39 is 12.6 Å². The van der Waals surface area contributed by atoms with Gasteiger partial charge in [-0.1, -0.05) is 6.58 Å². The number of ether oxygens (including phenoxy) is 2. The lowest BCUT2D eigenvalue weighted by molar-refractivity contribution is -0.133. The molecule has 3 aromatic heterocycles. The first kappa shape index (κ1) is 24.6. The van der Waals surface area contributed by atoms with E-state index in [1.54, 1.807) is 32.3 Å². The summed E-state index contributed by atoms with van der Waals surface area (Å²) in [4.78, 5) is 28.3. The van der Waals surface area contributed by atoms with Gasteiger partial charge in [-0.3, -0.25) is 9.36 Å². The monoisotopic (exact) mass is 489 g/mol. The van der Waals surface area contributed by atoms with Crippen LogP contribution in [0.25, 0.3) is 16.5 Å². The Balaban J connectivity index is 1.75. The lowest BCUT2D eigenvalue weighted by Gasteiger charge is -2.34. The smallest absolute Gasteiger partial charge is 0.389 e. The van der Waals surface area contributed by atoms with Gasteiger partial charge in [0, 0.05) is 44.9 Å². The van der Waals surface area contributed by atoms with E-state index in [4.69, 9.17) is 9.47 Å². The van der Waals surface area contributed by atoms with Crippen molar-refractivity contribution in [1.29, 1.82) is 0 Å². The highest BCUT2D eigenvalue weighted by Gasteiger charge is 2.29. The van der Waals surface area contributed by atoms with Crippen LogP contribution >= 0.6 is 0 Å². The van der Waals surface area contributed by atoms with Gasteiger partial charge in [0.25, 0.3) is 5.56 Å². The molecule has 0 bridgehead atoms. The zero-order chi connectivity index (χ0) is 25.3. The summed E-state index contributed by atoms with van der Waals surface area (Å²) in [6, 6.07) is 5.32. The molecule has 0 aliphatic carbocycles. The molecule has 0 unspecified atom stereocenters. The Labute approximate surface area is 200 Å². The van der Waals surface area contributed by atoms with Gasteiger partial charge < -0.3 is 14.4 Å². The molecule has 0 radical (unpaired) electrons. The number of hydrogen-bond acceptors (Lipinski definition) is 7. The summed E-state index contributed by atoms with van der Waals surface area (Å²) in [6.45, 7) is 6.88. The quantitative estimate of drug-likeness (QED) is 0.518. The summed E-state index contributed by atoms with van der Waals surface area (Å²) in [6.07, 6.45) is -4.43. The molecule has 0 aromatic carbocycles. The van der Waals surface area contributed by atoms with Crippen molar-refractivity contribution in [3.63, 3.8) is 0 Å². The van der Waals surface area contributed by atoms with Gasteiger partial charge in [0.2, 0.25) is 5.88 Å². The van der Waals surface area contributed by atoms with E-state index in [1.807, 2.05) is 11.0 Å². The van der Waals surface area contributed by atoms with Crippen LogP contribution in [-0.2, 0) is 11.8 Å². The van der Waals surface area contributed by atoms with Gasteiger partial charge in [0.1, 0.15) is 17.7 Å². The summed E-state index contributed by atoms with van der Waals surface area (Å²) in [5, 5.41) is 0.165. The van der Waals surface area contributed by atoms with E-state index in [2.05, 4.69) is 21.5 Å². The number of rotatable bonds is 6. The zero-order valence-corrected chi connectivity index (χ0v) is 19.7. The summed E-state index contributed by atoms with van der Waals surface area (Å²) in [5.74, 6) is 1.44. The molecule has 35 heavy (non-hydrogen) atoms. The molecule has 0 amide bonds. The molecule has 1 saturated heterocycles. The number of allylic oxidation sites excluding steroid dienone is 1. The summed E-state index contributed by atoms with van der Waals surface area (Å²) in [5.41, 5.74) is 1.15. The predicted molar refractivity (Wildman–Crippen MR) is 126 cm³/mol. The van der Waals surface area contributed by atoms with Crippen molar-refractivity contribution in [2.24, 2.45) is 7.05 Å². The Hall–Kier alpha value is -3.47. The second-order valence-corrected chi connectivity index (χ2v) is 8.40. The first-order valence-electron chi connectivity index (χ1n) is 11.1. The van der Waals surface area contributed by atoms with Crippen molar-refractivity contribution in [2.75, 3.05) is 31.7 Å². The molecule has 3 aromatic rings. The molecule has 4 heterocycles. The number of hydrogen-bond donors (Lipinski definition) is 0. The van der Waals surface area contributed by atoms with Crippen molar-refractivity contribution < 1.29 is 22.6 Å². The highest BCUT2D eigenvalue weighted by atomic mass is 19.4. The predicted octanol–water partition coefficient (Wildman–Crippen LogP) is 3.97. The zero-order valence-electron chi connectivity index (χ0n) is 19.7. The molecule has 0 spiro atoms. The Morgan fingerprint density at radius 1 is 1.31 bits per heavy atom. The minimum absolute atomic E-state index is 0.139. The number of fused-ring (bicyclic) bond motifs is 1. The van der Waals surface area contributed by atoms with Crippen LogP contribution in [0.2, 0.25) is 0 Å². The second kappa shape index (κ2) is 9.65. The molecule has 186 valence electrons. The lowest BCUT2D eigenvalue weighted by atomic mass is 10.0. The van der Waals surface area contributed by atoms with Crippen LogP contribution in [-0.4, -0.2) is 52.5 Å². The number of aromatic nitrogens is 4. The maximum absolute atomic E-state index is 13.0. The van der Waals surface area contributed by atoms with Gasteiger partial charge in [-0.15, -0.1) is 0 Å². The first-order chi connectivity index (χ1) is 16.6. The maximum atomic E-state index is 13.0. The average molecular weight is 489 g/mol. The fourth-order valence-corrected chi connectivity index (χ4v) is 4.01. The van der Waals surface area contributed by atoms with Gasteiger partial charge in [-0.05, 0) is 30.5 Å². The Morgan fingerprint density at radius 3 is 2.80 bits per heavy atom. The first-order valence-corrected chi connectivity index (χ1v) is 11.1. The summed E-state index contributed by atoms with van der Waals surface area (Å²) in [7, 11) is 3.10. The Bertz CT molecular complexity index is 1320. The Morgan fingerprint density at radius 2 is 2.09 bits per heavy atom. The molecule has 8 nitrogen and oxygen atoms in total. The van der Waals surface area contributed by atoms with Crippen LogP contribution in [0.1, 0.15) is 36.0 Å². The third-order valence-electron chi connectivity index (χ3n) is 6.05. The van der Waals surface area contributed by atoms with Crippen LogP contribution in [0.4, 0.5) is 19.0 Å². The molecular formula is C24H26F3N5O3. The van der Waals surface area contributed by atoms with E-state index in [1.165, 1.54) is 11.7 Å². The number of morpholine rings is 1. The van der Waals surface area contributed by atoms with Crippen LogP contribution in [0.5, 0.6) is 5.88 Å². The van der Waals surface area contributed by atoms with Gasteiger partial charge >= 0.3 is 6.18 Å². The number of anilines is 1. The highest BCUT2D eigenvalue weighted by molar-refractivity contribution is 5.90. The minimum atomic E-state index is -4.35. The van der Waals surface area contributed by atoms with Gasteiger partial charge in [0.15, 0.2) is 0 Å². The normalized spacial score (nSPS) is 16.5.